The van der Waals surface area contributed by atoms with Crippen LogP contribution in [0.1, 0.15) is 26.2 Å². The molecule has 0 aromatic rings. The van der Waals surface area contributed by atoms with Gasteiger partial charge < -0.3 is 15.2 Å². The Labute approximate surface area is 79.5 Å². The summed E-state index contributed by atoms with van der Waals surface area (Å²) in [5, 5.41) is 12.6. The van der Waals surface area contributed by atoms with Crippen LogP contribution in [0, 0.1) is 5.41 Å². The lowest BCUT2D eigenvalue weighted by Crippen LogP contribution is -2.45. The van der Waals surface area contributed by atoms with Gasteiger partial charge in [-0.15, -0.1) is 0 Å². The fraction of sp³-hybridized carbons (Fsp3) is 1.00. The Morgan fingerprint density at radius 3 is 3.08 bits per heavy atom. The summed E-state index contributed by atoms with van der Waals surface area (Å²) in [5.41, 5.74) is 0.326. The summed E-state index contributed by atoms with van der Waals surface area (Å²) in [6.45, 7) is 4.32. The second-order valence-electron chi connectivity index (χ2n) is 4.44. The average Bonchev–Trinajstić information content (AvgIpc) is 2.47. The number of hydrogen-bond donors (Lipinski definition) is 2. The highest BCUT2D eigenvalue weighted by Crippen LogP contribution is 2.42. The molecule has 0 bridgehead atoms. The van der Waals surface area contributed by atoms with Gasteiger partial charge in [0.2, 0.25) is 0 Å². The fourth-order valence-electron chi connectivity index (χ4n) is 2.88. The Bertz CT molecular complexity index is 186. The van der Waals surface area contributed by atoms with Crippen LogP contribution >= 0.6 is 0 Å². The van der Waals surface area contributed by atoms with Crippen LogP contribution in [-0.4, -0.2) is 37.0 Å². The lowest BCUT2D eigenvalue weighted by Gasteiger charge is -2.40. The fourth-order valence-corrected chi connectivity index (χ4v) is 2.88. The van der Waals surface area contributed by atoms with Crippen LogP contribution in [0.2, 0.25) is 0 Å². The second-order valence-corrected chi connectivity index (χ2v) is 4.44. The number of nitrogens with one attached hydrogen (secondary N) is 1. The van der Waals surface area contributed by atoms with Crippen molar-refractivity contribution in [2.24, 2.45) is 5.41 Å². The predicted octanol–water partition coefficient (Wildman–Crippen LogP) is 0.526. The van der Waals surface area contributed by atoms with E-state index >= 15 is 0 Å². The van der Waals surface area contributed by atoms with Crippen molar-refractivity contribution in [1.29, 1.82) is 0 Å². The van der Waals surface area contributed by atoms with E-state index in [1.165, 1.54) is 6.42 Å². The lowest BCUT2D eigenvalue weighted by molar-refractivity contribution is -0.0494. The van der Waals surface area contributed by atoms with Crippen LogP contribution in [0.3, 0.4) is 0 Å². The molecule has 0 amide bonds. The molecule has 0 saturated carbocycles. The minimum Gasteiger partial charge on any atom is -0.395 e. The van der Waals surface area contributed by atoms with Gasteiger partial charge in [0.15, 0.2) is 0 Å². The van der Waals surface area contributed by atoms with E-state index in [-0.39, 0.29) is 6.61 Å². The average molecular weight is 185 g/mol. The van der Waals surface area contributed by atoms with Crippen LogP contribution in [0.5, 0.6) is 0 Å². The summed E-state index contributed by atoms with van der Waals surface area (Å²) >= 11 is 0. The van der Waals surface area contributed by atoms with Crippen molar-refractivity contribution in [2.75, 3.05) is 19.8 Å². The highest BCUT2D eigenvalue weighted by Gasteiger charge is 2.44. The highest BCUT2D eigenvalue weighted by atomic mass is 16.5. The summed E-state index contributed by atoms with van der Waals surface area (Å²) in [7, 11) is 0. The Kier molecular flexibility index (Phi) is 2.58. The van der Waals surface area contributed by atoms with Crippen LogP contribution < -0.4 is 5.32 Å². The van der Waals surface area contributed by atoms with Crippen LogP contribution in [0.25, 0.3) is 0 Å². The van der Waals surface area contributed by atoms with Gasteiger partial charge in [-0.2, -0.15) is 0 Å². The molecule has 13 heavy (non-hydrogen) atoms. The molecule has 2 saturated heterocycles. The predicted molar refractivity (Wildman–Crippen MR) is 50.6 cm³/mol. The van der Waals surface area contributed by atoms with Gasteiger partial charge in [0, 0.05) is 12.6 Å². The van der Waals surface area contributed by atoms with E-state index in [4.69, 9.17) is 4.74 Å². The van der Waals surface area contributed by atoms with E-state index in [0.717, 1.165) is 26.0 Å². The van der Waals surface area contributed by atoms with Crippen LogP contribution in [0.4, 0.5) is 0 Å². The van der Waals surface area contributed by atoms with Crippen molar-refractivity contribution in [1.82, 2.24) is 5.32 Å². The quantitative estimate of drug-likeness (QED) is 0.626. The molecule has 2 aliphatic rings. The molecule has 0 aromatic carbocycles. The van der Waals surface area contributed by atoms with Crippen molar-refractivity contribution < 1.29 is 9.84 Å². The van der Waals surface area contributed by atoms with E-state index in [2.05, 4.69) is 12.2 Å². The molecule has 0 aromatic heterocycles. The molecule has 3 atom stereocenters. The SMILES string of the molecule is CC1CC2(CCNC2CO)CCO1. The van der Waals surface area contributed by atoms with Crippen LogP contribution in [0.15, 0.2) is 0 Å². The first-order valence-corrected chi connectivity index (χ1v) is 5.23. The molecule has 2 heterocycles. The number of aliphatic hydroxyl groups excluding tert-OH is 1. The molecule has 0 aliphatic carbocycles. The smallest absolute Gasteiger partial charge is 0.0590 e. The summed E-state index contributed by atoms with van der Waals surface area (Å²) in [6, 6.07) is 0.304. The number of rotatable bonds is 1. The van der Waals surface area contributed by atoms with Gasteiger partial charge in [-0.05, 0) is 38.1 Å². The molecule has 2 aliphatic heterocycles. The van der Waals surface area contributed by atoms with Crippen molar-refractivity contribution in [3.8, 4) is 0 Å². The van der Waals surface area contributed by atoms with E-state index in [1.54, 1.807) is 0 Å². The minimum absolute atomic E-state index is 0.271. The minimum atomic E-state index is 0.271. The van der Waals surface area contributed by atoms with Crippen molar-refractivity contribution in [3.63, 3.8) is 0 Å². The van der Waals surface area contributed by atoms with E-state index in [9.17, 15) is 5.11 Å². The zero-order chi connectivity index (χ0) is 9.31. The Balaban J connectivity index is 2.08. The molecule has 0 radical (unpaired) electrons. The maximum Gasteiger partial charge on any atom is 0.0590 e. The first-order valence-electron chi connectivity index (χ1n) is 5.23. The zero-order valence-electron chi connectivity index (χ0n) is 8.25. The van der Waals surface area contributed by atoms with Gasteiger partial charge in [0.05, 0.1) is 12.7 Å². The highest BCUT2D eigenvalue weighted by molar-refractivity contribution is 4.99. The largest absolute Gasteiger partial charge is 0.395 e. The van der Waals surface area contributed by atoms with Crippen molar-refractivity contribution in [3.05, 3.63) is 0 Å². The Hall–Kier alpha value is -0.120. The third kappa shape index (κ3) is 1.60. The van der Waals surface area contributed by atoms with Gasteiger partial charge >= 0.3 is 0 Å². The molecule has 76 valence electrons. The number of ether oxygens (including phenoxy) is 1. The summed E-state index contributed by atoms with van der Waals surface area (Å²) < 4.78 is 5.55. The van der Waals surface area contributed by atoms with Crippen molar-refractivity contribution in [2.45, 2.75) is 38.3 Å². The van der Waals surface area contributed by atoms with E-state index in [0.29, 0.717) is 17.6 Å². The first-order chi connectivity index (χ1) is 6.27. The van der Waals surface area contributed by atoms with Gasteiger partial charge in [0.1, 0.15) is 0 Å². The summed E-state index contributed by atoms with van der Waals surface area (Å²) in [5.74, 6) is 0. The monoisotopic (exact) mass is 185 g/mol. The summed E-state index contributed by atoms with van der Waals surface area (Å²) in [6.07, 6.45) is 3.77. The van der Waals surface area contributed by atoms with Crippen molar-refractivity contribution >= 4 is 0 Å². The molecule has 2 N–H and O–H groups in total. The van der Waals surface area contributed by atoms with Crippen LogP contribution in [-0.2, 0) is 4.74 Å². The maximum absolute atomic E-state index is 9.27. The zero-order valence-corrected chi connectivity index (χ0v) is 8.25. The number of aliphatic hydroxyl groups is 1. The van der Waals surface area contributed by atoms with Gasteiger partial charge in [-0.25, -0.2) is 0 Å². The van der Waals surface area contributed by atoms with Gasteiger partial charge in [-0.3, -0.25) is 0 Å². The van der Waals surface area contributed by atoms with E-state index in [1.807, 2.05) is 0 Å². The topological polar surface area (TPSA) is 41.5 Å². The molecular formula is C10H19NO2. The molecule has 3 unspecified atom stereocenters. The molecule has 2 fully saturated rings. The molecule has 2 rings (SSSR count). The van der Waals surface area contributed by atoms with E-state index < -0.39 is 0 Å². The normalized spacial score (nSPS) is 45.7. The molecule has 1 spiro atoms. The molecule has 3 heteroatoms. The van der Waals surface area contributed by atoms with Gasteiger partial charge in [0.25, 0.3) is 0 Å². The standard InChI is InChI=1S/C10H19NO2/c1-8-6-10(3-5-13-8)2-4-11-9(10)7-12/h8-9,11-12H,2-7H2,1H3. The van der Waals surface area contributed by atoms with Gasteiger partial charge in [-0.1, -0.05) is 0 Å². The third-order valence-corrected chi connectivity index (χ3v) is 3.63. The number of hydrogen-bond acceptors (Lipinski definition) is 3. The first kappa shape index (κ1) is 9.44. The summed E-state index contributed by atoms with van der Waals surface area (Å²) in [4.78, 5) is 0. The maximum atomic E-state index is 9.27. The molecule has 3 nitrogen and oxygen atoms in total. The second kappa shape index (κ2) is 3.56. The Morgan fingerprint density at radius 1 is 1.54 bits per heavy atom. The third-order valence-electron chi connectivity index (χ3n) is 3.63. The molecular weight excluding hydrogens is 166 g/mol. The lowest BCUT2D eigenvalue weighted by atomic mass is 9.72. The Morgan fingerprint density at radius 2 is 2.38 bits per heavy atom.